The number of halogens is 2. The van der Waals surface area contributed by atoms with Crippen molar-refractivity contribution >= 4 is 24.9 Å². The lowest BCUT2D eigenvalue weighted by Crippen LogP contribution is -2.32. The summed E-state index contributed by atoms with van der Waals surface area (Å²) >= 11 is 0. The summed E-state index contributed by atoms with van der Waals surface area (Å²) in [6.07, 6.45) is 0.645. The van der Waals surface area contributed by atoms with Gasteiger partial charge in [0, 0.05) is 25.1 Å². The minimum atomic E-state index is -1.53. The number of esters is 1. The predicted octanol–water partition coefficient (Wildman–Crippen LogP) is 4.63. The van der Waals surface area contributed by atoms with E-state index in [1.807, 2.05) is 0 Å². The zero-order valence-electron chi connectivity index (χ0n) is 20.3. The molecule has 0 saturated heterocycles. The van der Waals surface area contributed by atoms with Gasteiger partial charge in [0.15, 0.2) is 11.6 Å². The maximum Gasteiger partial charge on any atom is 0.309 e. The van der Waals surface area contributed by atoms with Crippen LogP contribution in [0.4, 0.5) is 8.78 Å². The van der Waals surface area contributed by atoms with E-state index in [0.29, 0.717) is 34.3 Å². The van der Waals surface area contributed by atoms with Gasteiger partial charge in [-0.25, -0.2) is 13.8 Å². The Bertz CT molecular complexity index is 1460. The number of hydrogen-bond acceptors (Lipinski definition) is 5. The Morgan fingerprint density at radius 2 is 1.86 bits per heavy atom. The Hall–Kier alpha value is -2.91. The number of aromatic nitrogens is 2. The predicted molar refractivity (Wildman–Crippen MR) is 131 cm³/mol. The first-order chi connectivity index (χ1) is 16.4. The molecule has 0 unspecified atom stereocenters. The highest BCUT2D eigenvalue weighted by Gasteiger charge is 2.39. The van der Waals surface area contributed by atoms with Crippen LogP contribution in [0.3, 0.4) is 0 Å². The molecule has 35 heavy (non-hydrogen) atoms. The number of aliphatic hydroxyl groups is 1. The van der Waals surface area contributed by atoms with Crippen LogP contribution in [0.5, 0.6) is 0 Å². The number of pyridine rings is 2. The van der Waals surface area contributed by atoms with Crippen molar-refractivity contribution in [3.63, 3.8) is 0 Å². The summed E-state index contributed by atoms with van der Waals surface area (Å²) in [5.74, 6) is -2.47. The Balaban J connectivity index is 1.78. The van der Waals surface area contributed by atoms with Gasteiger partial charge in [-0.05, 0) is 36.1 Å². The first kappa shape index (κ1) is 23.8. The lowest BCUT2D eigenvalue weighted by atomic mass is 9.85. The molecule has 0 fully saturated rings. The molecule has 5 rings (SSSR count). The van der Waals surface area contributed by atoms with Crippen LogP contribution in [0.25, 0.3) is 22.3 Å². The van der Waals surface area contributed by atoms with Crippen LogP contribution in [0.1, 0.15) is 42.0 Å². The van der Waals surface area contributed by atoms with E-state index < -0.39 is 31.3 Å². The highest BCUT2D eigenvalue weighted by Crippen LogP contribution is 2.41. The van der Waals surface area contributed by atoms with Crippen LogP contribution in [0.2, 0.25) is 25.7 Å². The van der Waals surface area contributed by atoms with Crippen molar-refractivity contribution < 1.29 is 23.4 Å². The Morgan fingerprint density at radius 1 is 1.14 bits per heavy atom. The van der Waals surface area contributed by atoms with Gasteiger partial charge in [0.2, 0.25) is 0 Å². The molecule has 0 amide bonds. The zero-order valence-corrected chi connectivity index (χ0v) is 21.3. The van der Waals surface area contributed by atoms with Crippen LogP contribution in [0.15, 0.2) is 23.0 Å². The number of nitrogens with zero attached hydrogens (tertiary/aromatic N) is 2. The molecule has 1 N–H and O–H groups in total. The molecule has 184 valence electrons. The van der Waals surface area contributed by atoms with E-state index in [-0.39, 0.29) is 37.1 Å². The summed E-state index contributed by atoms with van der Waals surface area (Å²) in [7, 11) is -1.47. The summed E-state index contributed by atoms with van der Waals surface area (Å²) in [5.41, 5.74) is 1.79. The van der Waals surface area contributed by atoms with Crippen LogP contribution in [-0.4, -0.2) is 28.7 Å². The van der Waals surface area contributed by atoms with E-state index in [9.17, 15) is 23.5 Å². The maximum absolute atomic E-state index is 14.3. The quantitative estimate of drug-likeness (QED) is 0.328. The number of ether oxygens (including phenoxy) is 1. The van der Waals surface area contributed by atoms with Crippen LogP contribution < -0.4 is 5.56 Å². The highest BCUT2D eigenvalue weighted by atomic mass is 28.3. The molecular weight excluding hydrogens is 470 g/mol. The Morgan fingerprint density at radius 3 is 2.54 bits per heavy atom. The minimum Gasteiger partial charge on any atom is -0.460 e. The second-order valence-corrected chi connectivity index (χ2v) is 16.4. The van der Waals surface area contributed by atoms with Crippen molar-refractivity contribution in [2.24, 2.45) is 0 Å². The van der Waals surface area contributed by atoms with Crippen molar-refractivity contribution in [2.45, 2.75) is 70.6 Å². The van der Waals surface area contributed by atoms with Gasteiger partial charge in [0.05, 0.1) is 35.4 Å². The number of cyclic esters (lactones) is 1. The molecule has 2 aromatic heterocycles. The Kier molecular flexibility index (Phi) is 5.48. The molecule has 2 aliphatic heterocycles. The normalized spacial score (nSPS) is 19.2. The standard InChI is InChI=1S/C26H28F2N2O4Si/c1-5-26(33)11-23(31)34-13-17-18(26)9-22-24-16(12-30(22)25(17)32)14(6-7-35(2,3)4)15-8-19(27)20(28)10-21(15)29-24/h8-10,33H,5-7,11-13H2,1-4H3/t26-/m1/s1. The Labute approximate surface area is 202 Å². The molecular formula is C26H28F2N2O4Si. The number of benzene rings is 1. The topological polar surface area (TPSA) is 81.4 Å². The maximum atomic E-state index is 14.3. The zero-order chi connectivity index (χ0) is 25.3. The average Bonchev–Trinajstić information content (AvgIpc) is 3.08. The van der Waals surface area contributed by atoms with Gasteiger partial charge < -0.3 is 14.4 Å². The van der Waals surface area contributed by atoms with Gasteiger partial charge in [-0.1, -0.05) is 32.6 Å². The fourth-order valence-corrected chi connectivity index (χ4v) is 6.14. The molecule has 2 aliphatic rings. The number of carbonyl (C=O) groups excluding carboxylic acids is 1. The summed E-state index contributed by atoms with van der Waals surface area (Å²) in [6, 6.07) is 4.95. The molecule has 1 aromatic carbocycles. The fourth-order valence-electron chi connectivity index (χ4n) is 5.14. The van der Waals surface area contributed by atoms with E-state index >= 15 is 0 Å². The summed E-state index contributed by atoms with van der Waals surface area (Å²) < 4.78 is 35.2. The molecule has 0 radical (unpaired) electrons. The van der Waals surface area contributed by atoms with Gasteiger partial charge in [0.25, 0.3) is 5.56 Å². The third-order valence-corrected chi connectivity index (χ3v) is 8.98. The molecule has 0 bridgehead atoms. The first-order valence-electron chi connectivity index (χ1n) is 11.9. The monoisotopic (exact) mass is 498 g/mol. The van der Waals surface area contributed by atoms with Gasteiger partial charge in [0.1, 0.15) is 12.2 Å². The lowest BCUT2D eigenvalue weighted by molar-refractivity contribution is -0.149. The molecule has 9 heteroatoms. The van der Waals surface area contributed by atoms with Crippen molar-refractivity contribution in [3.05, 3.63) is 62.4 Å². The largest absolute Gasteiger partial charge is 0.460 e. The number of rotatable bonds is 4. The van der Waals surface area contributed by atoms with Crippen LogP contribution in [0, 0.1) is 11.6 Å². The van der Waals surface area contributed by atoms with Crippen LogP contribution in [-0.2, 0) is 34.7 Å². The van der Waals surface area contributed by atoms with E-state index in [1.54, 1.807) is 17.6 Å². The lowest BCUT2D eigenvalue weighted by Gasteiger charge is -2.26. The number of fused-ring (bicyclic) bond motifs is 5. The molecule has 0 aliphatic carbocycles. The number of carbonyl (C=O) groups is 1. The van der Waals surface area contributed by atoms with E-state index in [1.165, 1.54) is 6.07 Å². The molecule has 3 aromatic rings. The molecule has 1 atom stereocenters. The third-order valence-electron chi connectivity index (χ3n) is 7.23. The van der Waals surface area contributed by atoms with Gasteiger partial charge in [-0.2, -0.15) is 0 Å². The second kappa shape index (κ2) is 8.06. The summed E-state index contributed by atoms with van der Waals surface area (Å²) in [6.45, 7) is 8.53. The fraction of sp³-hybridized carbons (Fsp3) is 0.423. The molecule has 0 saturated carbocycles. The number of aryl methyl sites for hydroxylation is 1. The van der Waals surface area contributed by atoms with Crippen molar-refractivity contribution in [1.29, 1.82) is 0 Å². The van der Waals surface area contributed by atoms with Gasteiger partial charge in [-0.3, -0.25) is 9.59 Å². The average molecular weight is 499 g/mol. The summed E-state index contributed by atoms with van der Waals surface area (Å²) in [5, 5.41) is 11.9. The van der Waals surface area contributed by atoms with E-state index in [4.69, 9.17) is 4.74 Å². The molecule has 4 heterocycles. The highest BCUT2D eigenvalue weighted by molar-refractivity contribution is 6.76. The number of hydrogen-bond donors (Lipinski definition) is 1. The summed E-state index contributed by atoms with van der Waals surface area (Å²) in [4.78, 5) is 30.4. The SMILES string of the molecule is CC[C@@]1(O)CC(=O)OCc2c1cc1n(c2=O)Cc2c-1nc1cc(F)c(F)cc1c2CC[Si](C)(C)C. The third kappa shape index (κ3) is 3.90. The van der Waals surface area contributed by atoms with Crippen molar-refractivity contribution in [3.8, 4) is 11.4 Å². The minimum absolute atomic E-state index is 0.208. The van der Waals surface area contributed by atoms with Crippen LogP contribution >= 0.6 is 0 Å². The smallest absolute Gasteiger partial charge is 0.309 e. The van der Waals surface area contributed by atoms with E-state index in [0.717, 1.165) is 23.2 Å². The molecule has 0 spiro atoms. The second-order valence-electron chi connectivity index (χ2n) is 10.8. The van der Waals surface area contributed by atoms with Gasteiger partial charge in [-0.15, -0.1) is 0 Å². The molecule has 6 nitrogen and oxygen atoms in total. The van der Waals surface area contributed by atoms with Gasteiger partial charge >= 0.3 is 5.97 Å². The first-order valence-corrected chi connectivity index (χ1v) is 15.6. The van der Waals surface area contributed by atoms with Crippen molar-refractivity contribution in [2.75, 3.05) is 0 Å². The van der Waals surface area contributed by atoms with E-state index in [2.05, 4.69) is 24.6 Å². The van der Waals surface area contributed by atoms with Crippen molar-refractivity contribution in [1.82, 2.24) is 9.55 Å².